The van der Waals surface area contributed by atoms with Gasteiger partial charge in [0.1, 0.15) is 22.9 Å². The molecule has 0 saturated carbocycles. The van der Waals surface area contributed by atoms with Crippen LogP contribution in [-0.4, -0.2) is 105 Å². The molecule has 2 unspecified atom stereocenters. The number of amides is 1. The number of ketones is 2. The third-order valence-electron chi connectivity index (χ3n) is 9.71. The van der Waals surface area contributed by atoms with Crippen molar-refractivity contribution in [1.82, 2.24) is 9.80 Å². The minimum Gasteiger partial charge on any atom is -0.510 e. The van der Waals surface area contributed by atoms with Crippen LogP contribution in [0.4, 0.5) is 10.1 Å². The number of benzene rings is 1. The Hall–Kier alpha value is -3.52. The molecular formula is C28H33FN4O8. The Balaban J connectivity index is 1.53. The van der Waals surface area contributed by atoms with E-state index in [9.17, 15) is 39.9 Å². The standard InChI is InChI=1S/C28H33FN4O8/c1-32(2)21-13-8-11-7-12-15(22(35)14(11)25(38)28(13,41)26(39)17(24(21)37)27(30)40)23(36)19-16(18(12)29)20-10(9-31-19)3-4-33(20)5-6-34/h10-11,13,20-21,31,34,36-38,41H,3-9H2,1-2H3,(H2,30,40)/t10?,11-,13-,20?,21-,28-/m0/s1. The number of aliphatic hydroxyl groups is 4. The Kier molecular flexibility index (Phi) is 6.23. The summed E-state index contributed by atoms with van der Waals surface area (Å²) in [5.41, 5.74) is 1.28. The average Bonchev–Trinajstić information content (AvgIpc) is 3.31. The van der Waals surface area contributed by atoms with Crippen LogP contribution in [0.2, 0.25) is 0 Å². The highest BCUT2D eigenvalue weighted by atomic mass is 19.1. The van der Waals surface area contributed by atoms with Gasteiger partial charge in [0.15, 0.2) is 17.1 Å². The monoisotopic (exact) mass is 572 g/mol. The molecule has 1 amide bonds. The van der Waals surface area contributed by atoms with E-state index in [0.717, 1.165) is 6.42 Å². The third kappa shape index (κ3) is 3.49. The molecule has 0 spiro atoms. The van der Waals surface area contributed by atoms with Crippen molar-refractivity contribution in [2.45, 2.75) is 36.9 Å². The summed E-state index contributed by atoms with van der Waals surface area (Å²) in [5, 5.41) is 58.0. The van der Waals surface area contributed by atoms with Crippen molar-refractivity contribution in [3.63, 3.8) is 0 Å². The number of anilines is 1. The maximum absolute atomic E-state index is 16.5. The van der Waals surface area contributed by atoms with E-state index in [0.29, 0.717) is 19.6 Å². The van der Waals surface area contributed by atoms with Crippen molar-refractivity contribution in [2.24, 2.45) is 23.5 Å². The molecule has 0 bridgehead atoms. The number of Topliss-reactive ketones (excluding diaryl/α,β-unsaturated/α-hetero) is 2. The lowest BCUT2D eigenvalue weighted by molar-refractivity contribution is -0.148. The van der Waals surface area contributed by atoms with E-state index in [4.69, 9.17) is 5.73 Å². The maximum Gasteiger partial charge on any atom is 0.255 e. The predicted octanol–water partition coefficient (Wildman–Crippen LogP) is 0.0405. The largest absolute Gasteiger partial charge is 0.510 e. The van der Waals surface area contributed by atoms with Crippen LogP contribution >= 0.6 is 0 Å². The quantitative estimate of drug-likeness (QED) is 0.190. The van der Waals surface area contributed by atoms with Gasteiger partial charge in [0.25, 0.3) is 5.91 Å². The highest BCUT2D eigenvalue weighted by Gasteiger charge is 2.63. The topological polar surface area (TPSA) is 197 Å². The van der Waals surface area contributed by atoms with Crippen LogP contribution in [0.1, 0.15) is 40.4 Å². The lowest BCUT2D eigenvalue weighted by Crippen LogP contribution is -2.63. The summed E-state index contributed by atoms with van der Waals surface area (Å²) in [7, 11) is 3.08. The summed E-state index contributed by atoms with van der Waals surface area (Å²) < 4.78 is 16.5. The summed E-state index contributed by atoms with van der Waals surface area (Å²) in [4.78, 5) is 42.9. The number of nitrogens with zero attached hydrogens (tertiary/aromatic N) is 2. The van der Waals surface area contributed by atoms with Gasteiger partial charge in [-0.05, 0) is 51.7 Å². The first-order chi connectivity index (χ1) is 19.4. The molecule has 8 N–H and O–H groups in total. The zero-order valence-corrected chi connectivity index (χ0v) is 22.6. The fourth-order valence-corrected chi connectivity index (χ4v) is 7.99. The van der Waals surface area contributed by atoms with Crippen LogP contribution in [0.15, 0.2) is 22.7 Å². The number of phenols is 1. The van der Waals surface area contributed by atoms with Crippen molar-refractivity contribution < 1.29 is 44.3 Å². The number of phenolic OH excluding ortho intramolecular Hbond substituents is 1. The van der Waals surface area contributed by atoms with E-state index >= 15 is 4.39 Å². The summed E-state index contributed by atoms with van der Waals surface area (Å²) >= 11 is 0. The number of β-amino-alcohol motifs (C(OH)–C–C–N with tert-alkyl or cyclic N) is 1. The minimum atomic E-state index is -2.76. The lowest BCUT2D eigenvalue weighted by Gasteiger charge is -2.50. The first-order valence-electron chi connectivity index (χ1n) is 13.7. The van der Waals surface area contributed by atoms with Crippen molar-refractivity contribution in [1.29, 1.82) is 0 Å². The highest BCUT2D eigenvalue weighted by Crippen LogP contribution is 2.56. The van der Waals surface area contributed by atoms with E-state index in [1.165, 1.54) is 4.90 Å². The molecule has 5 aliphatic rings. The van der Waals surface area contributed by atoms with Gasteiger partial charge in [-0.15, -0.1) is 0 Å². The number of hydrogen-bond donors (Lipinski definition) is 7. The molecule has 13 heteroatoms. The van der Waals surface area contributed by atoms with E-state index < -0.39 is 75.7 Å². The smallest absolute Gasteiger partial charge is 0.255 e. The van der Waals surface area contributed by atoms with E-state index in [-0.39, 0.29) is 53.3 Å². The minimum absolute atomic E-state index is 0.0299. The highest BCUT2D eigenvalue weighted by molar-refractivity contribution is 6.25. The summed E-state index contributed by atoms with van der Waals surface area (Å²) in [5.74, 6) is -8.38. The van der Waals surface area contributed by atoms with Crippen LogP contribution in [0.25, 0.3) is 0 Å². The second-order valence-corrected chi connectivity index (χ2v) is 11.9. The number of halogens is 1. The Morgan fingerprint density at radius 2 is 1.95 bits per heavy atom. The molecule has 0 radical (unpaired) electrons. The van der Waals surface area contributed by atoms with Gasteiger partial charge in [0.2, 0.25) is 5.78 Å². The molecule has 3 aliphatic carbocycles. The average molecular weight is 573 g/mol. The molecule has 1 aromatic rings. The number of aliphatic hydroxyl groups excluding tert-OH is 3. The van der Waals surface area contributed by atoms with Crippen molar-refractivity contribution >= 4 is 23.2 Å². The fraction of sp³-hybridized carbons (Fsp3) is 0.536. The Morgan fingerprint density at radius 3 is 2.59 bits per heavy atom. The normalized spacial score (nSPS) is 32.8. The van der Waals surface area contributed by atoms with E-state index in [2.05, 4.69) is 5.32 Å². The van der Waals surface area contributed by atoms with Crippen molar-refractivity contribution in [3.05, 3.63) is 45.2 Å². The Labute approximate surface area is 234 Å². The molecule has 12 nitrogen and oxygen atoms in total. The van der Waals surface area contributed by atoms with Crippen molar-refractivity contribution in [2.75, 3.05) is 45.7 Å². The van der Waals surface area contributed by atoms with E-state index in [1.54, 1.807) is 14.1 Å². The number of likely N-dealkylation sites (N-methyl/N-ethyl adjacent to an activating group) is 1. The number of fused-ring (bicyclic) bond motifs is 6. The molecule has 2 aliphatic heterocycles. The van der Waals surface area contributed by atoms with Gasteiger partial charge in [-0.2, -0.15) is 0 Å². The number of primary amides is 1. The molecule has 1 fully saturated rings. The van der Waals surface area contributed by atoms with Crippen LogP contribution in [0.3, 0.4) is 0 Å². The first-order valence-corrected chi connectivity index (χ1v) is 13.7. The molecule has 220 valence electrons. The molecule has 1 aromatic carbocycles. The molecule has 1 saturated heterocycles. The summed E-state index contributed by atoms with van der Waals surface area (Å²) in [6.45, 7) is 1.27. The lowest BCUT2D eigenvalue weighted by atomic mass is 9.58. The van der Waals surface area contributed by atoms with Gasteiger partial charge >= 0.3 is 0 Å². The number of nitrogens with one attached hydrogen (secondary N) is 1. The number of carbonyl (C=O) groups excluding carboxylic acids is 3. The molecule has 6 atom stereocenters. The maximum atomic E-state index is 16.5. The Bertz CT molecular complexity index is 1470. The van der Waals surface area contributed by atoms with Gasteiger partial charge < -0.3 is 36.6 Å². The van der Waals surface area contributed by atoms with Crippen LogP contribution < -0.4 is 11.1 Å². The van der Waals surface area contributed by atoms with E-state index in [1.807, 2.05) is 4.90 Å². The predicted molar refractivity (Wildman–Crippen MR) is 142 cm³/mol. The molecule has 6 rings (SSSR count). The molecule has 41 heavy (non-hydrogen) atoms. The number of likely N-dealkylation sites (tertiary alicyclic amines) is 1. The van der Waals surface area contributed by atoms with Gasteiger partial charge in [0.05, 0.1) is 23.9 Å². The Morgan fingerprint density at radius 1 is 1.24 bits per heavy atom. The van der Waals surface area contributed by atoms with Gasteiger partial charge in [-0.1, -0.05) is 0 Å². The number of rotatable bonds is 4. The van der Waals surface area contributed by atoms with Crippen LogP contribution in [0.5, 0.6) is 5.75 Å². The second kappa shape index (κ2) is 9.24. The molecular weight excluding hydrogens is 539 g/mol. The number of allylic oxidation sites excluding steroid dienone is 1. The number of hydrogen-bond acceptors (Lipinski definition) is 11. The zero-order valence-electron chi connectivity index (χ0n) is 22.6. The molecule has 2 heterocycles. The third-order valence-corrected chi connectivity index (χ3v) is 9.71. The van der Waals surface area contributed by atoms with Crippen LogP contribution in [0, 0.1) is 23.6 Å². The first kappa shape index (κ1) is 27.6. The second-order valence-electron chi connectivity index (χ2n) is 11.9. The van der Waals surface area contributed by atoms with Gasteiger partial charge in [-0.25, -0.2) is 4.39 Å². The number of nitrogens with two attached hydrogens (primary N) is 1. The number of carbonyl (C=O) groups is 3. The SMILES string of the molecule is CN(C)[C@@H]1C(O)=C(C(N)=O)C(=O)[C@@]2(O)C(O)=C3C(=O)c4c(O)c5c(c(F)c4C[C@H]3C[C@@H]12)C1C(CCN1CCO)CN5. The fourth-order valence-electron chi connectivity index (χ4n) is 7.99. The zero-order chi connectivity index (χ0) is 29.7. The van der Waals surface area contributed by atoms with Crippen LogP contribution in [-0.2, 0) is 16.0 Å². The molecule has 0 aromatic heterocycles. The van der Waals surface area contributed by atoms with Gasteiger partial charge in [0, 0.05) is 41.7 Å². The number of aromatic hydroxyl groups is 1. The summed E-state index contributed by atoms with van der Waals surface area (Å²) in [6, 6.07) is -1.53. The van der Waals surface area contributed by atoms with Gasteiger partial charge in [-0.3, -0.25) is 24.2 Å². The summed E-state index contributed by atoms with van der Waals surface area (Å²) in [6.07, 6.45) is 0.518. The van der Waals surface area contributed by atoms with Crippen molar-refractivity contribution in [3.8, 4) is 5.75 Å².